The van der Waals surface area contributed by atoms with Crippen LogP contribution < -0.4 is 5.32 Å². The molecule has 5 heteroatoms. The number of aryl methyl sites for hydroxylation is 2. The van der Waals surface area contributed by atoms with Crippen LogP contribution in [0.15, 0.2) is 17.8 Å². The highest BCUT2D eigenvalue weighted by Gasteiger charge is 1.99. The first-order valence-corrected chi connectivity index (χ1v) is 5.55. The molecule has 0 fully saturated rings. The lowest BCUT2D eigenvalue weighted by atomic mass is 10.4. The summed E-state index contributed by atoms with van der Waals surface area (Å²) in [6, 6.07) is 1.92. The largest absolute Gasteiger partial charge is 0.363 e. The zero-order valence-corrected chi connectivity index (χ0v) is 9.51. The molecule has 0 radical (unpaired) electrons. The summed E-state index contributed by atoms with van der Waals surface area (Å²) in [6.45, 7) is 4.66. The summed E-state index contributed by atoms with van der Waals surface area (Å²) in [5.41, 5.74) is 2.03. The van der Waals surface area contributed by atoms with Gasteiger partial charge in [0, 0.05) is 22.8 Å². The predicted molar refractivity (Wildman–Crippen MR) is 60.9 cm³/mol. The highest BCUT2D eigenvalue weighted by atomic mass is 32.1. The SMILES string of the molecule is Cc1cc(NCc2nc(C)cs2)ncn1. The van der Waals surface area contributed by atoms with E-state index in [0.717, 1.165) is 28.8 Å². The highest BCUT2D eigenvalue weighted by molar-refractivity contribution is 7.09. The third-order valence-corrected chi connectivity index (χ3v) is 2.86. The lowest BCUT2D eigenvalue weighted by Gasteiger charge is -2.02. The summed E-state index contributed by atoms with van der Waals surface area (Å²) in [6.07, 6.45) is 1.56. The minimum absolute atomic E-state index is 0.717. The van der Waals surface area contributed by atoms with Gasteiger partial charge in [-0.3, -0.25) is 0 Å². The average molecular weight is 220 g/mol. The number of nitrogens with one attached hydrogen (secondary N) is 1. The average Bonchev–Trinajstić information content (AvgIpc) is 2.62. The second-order valence-electron chi connectivity index (χ2n) is 3.28. The van der Waals surface area contributed by atoms with Crippen molar-refractivity contribution >= 4 is 17.2 Å². The molecule has 0 unspecified atom stereocenters. The number of hydrogen-bond acceptors (Lipinski definition) is 5. The Balaban J connectivity index is 1.99. The van der Waals surface area contributed by atoms with E-state index in [-0.39, 0.29) is 0 Å². The Kier molecular flexibility index (Phi) is 2.91. The van der Waals surface area contributed by atoms with Gasteiger partial charge in [0.15, 0.2) is 0 Å². The van der Waals surface area contributed by atoms with Crippen molar-refractivity contribution in [3.05, 3.63) is 34.2 Å². The van der Waals surface area contributed by atoms with Crippen LogP contribution in [0.4, 0.5) is 5.82 Å². The molecular formula is C10H12N4S. The van der Waals surface area contributed by atoms with E-state index >= 15 is 0 Å². The van der Waals surface area contributed by atoms with Crippen molar-refractivity contribution in [2.24, 2.45) is 0 Å². The van der Waals surface area contributed by atoms with E-state index in [1.54, 1.807) is 17.7 Å². The van der Waals surface area contributed by atoms with Crippen LogP contribution in [0.25, 0.3) is 0 Å². The Morgan fingerprint density at radius 2 is 2.13 bits per heavy atom. The van der Waals surface area contributed by atoms with Crippen molar-refractivity contribution < 1.29 is 0 Å². The topological polar surface area (TPSA) is 50.7 Å². The van der Waals surface area contributed by atoms with Crippen LogP contribution >= 0.6 is 11.3 Å². The summed E-state index contributed by atoms with van der Waals surface area (Å²) < 4.78 is 0. The first-order chi connectivity index (χ1) is 7.24. The molecule has 4 nitrogen and oxygen atoms in total. The molecule has 0 saturated heterocycles. The third kappa shape index (κ3) is 2.73. The van der Waals surface area contributed by atoms with E-state index in [1.807, 2.05) is 25.3 Å². The van der Waals surface area contributed by atoms with Gasteiger partial charge in [-0.2, -0.15) is 0 Å². The van der Waals surface area contributed by atoms with E-state index in [2.05, 4.69) is 20.3 Å². The maximum Gasteiger partial charge on any atom is 0.129 e. The summed E-state index contributed by atoms with van der Waals surface area (Å²) in [7, 11) is 0. The van der Waals surface area contributed by atoms with E-state index in [4.69, 9.17) is 0 Å². The van der Waals surface area contributed by atoms with E-state index in [0.29, 0.717) is 0 Å². The number of aromatic nitrogens is 3. The molecule has 2 aromatic rings. The Bertz CT molecular complexity index is 452. The van der Waals surface area contributed by atoms with Gasteiger partial charge in [-0.25, -0.2) is 15.0 Å². The number of thiazole rings is 1. The fourth-order valence-electron chi connectivity index (χ4n) is 1.20. The second kappa shape index (κ2) is 4.35. The Morgan fingerprint density at radius 1 is 1.27 bits per heavy atom. The molecule has 0 bridgehead atoms. The van der Waals surface area contributed by atoms with E-state index in [1.165, 1.54) is 0 Å². The quantitative estimate of drug-likeness (QED) is 0.861. The molecule has 2 rings (SSSR count). The number of anilines is 1. The van der Waals surface area contributed by atoms with Gasteiger partial charge in [-0.05, 0) is 13.8 Å². The standard InChI is InChI=1S/C10H12N4S/c1-7-3-9(13-6-12-7)11-4-10-14-8(2)5-15-10/h3,5-6H,4H2,1-2H3,(H,11,12,13). The second-order valence-corrected chi connectivity index (χ2v) is 4.22. The molecule has 1 N–H and O–H groups in total. The molecule has 0 aromatic carbocycles. The lowest BCUT2D eigenvalue weighted by molar-refractivity contribution is 1.03. The maximum atomic E-state index is 4.36. The molecule has 0 amide bonds. The van der Waals surface area contributed by atoms with Crippen LogP contribution in [0, 0.1) is 13.8 Å². The fraction of sp³-hybridized carbons (Fsp3) is 0.300. The first kappa shape index (κ1) is 10.0. The summed E-state index contributed by atoms with van der Waals surface area (Å²) in [4.78, 5) is 12.5. The number of rotatable bonds is 3. The molecule has 2 aromatic heterocycles. The molecule has 0 aliphatic carbocycles. The van der Waals surface area contributed by atoms with Crippen molar-refractivity contribution in [3.8, 4) is 0 Å². The number of nitrogens with zero attached hydrogens (tertiary/aromatic N) is 3. The van der Waals surface area contributed by atoms with Crippen LogP contribution in [-0.2, 0) is 6.54 Å². The van der Waals surface area contributed by atoms with Crippen LogP contribution in [0.2, 0.25) is 0 Å². The zero-order chi connectivity index (χ0) is 10.7. The normalized spacial score (nSPS) is 10.3. The molecule has 2 heterocycles. The van der Waals surface area contributed by atoms with Gasteiger partial charge in [0.25, 0.3) is 0 Å². The summed E-state index contributed by atoms with van der Waals surface area (Å²) >= 11 is 1.66. The Morgan fingerprint density at radius 3 is 2.80 bits per heavy atom. The monoisotopic (exact) mass is 220 g/mol. The lowest BCUT2D eigenvalue weighted by Crippen LogP contribution is -2.01. The van der Waals surface area contributed by atoms with E-state index in [9.17, 15) is 0 Å². The van der Waals surface area contributed by atoms with Crippen LogP contribution in [-0.4, -0.2) is 15.0 Å². The van der Waals surface area contributed by atoms with Crippen molar-refractivity contribution in [3.63, 3.8) is 0 Å². The molecular weight excluding hydrogens is 208 g/mol. The minimum Gasteiger partial charge on any atom is -0.363 e. The maximum absolute atomic E-state index is 4.36. The van der Waals surface area contributed by atoms with Crippen molar-refractivity contribution in [2.75, 3.05) is 5.32 Å². The molecule has 0 atom stereocenters. The minimum atomic E-state index is 0.717. The summed E-state index contributed by atoms with van der Waals surface area (Å²) in [5.74, 6) is 0.843. The number of hydrogen-bond donors (Lipinski definition) is 1. The third-order valence-electron chi connectivity index (χ3n) is 1.89. The zero-order valence-electron chi connectivity index (χ0n) is 8.69. The molecule has 0 saturated carbocycles. The highest BCUT2D eigenvalue weighted by Crippen LogP contribution is 2.11. The van der Waals surface area contributed by atoms with Gasteiger partial charge in [-0.1, -0.05) is 0 Å². The van der Waals surface area contributed by atoms with Gasteiger partial charge in [-0.15, -0.1) is 11.3 Å². The van der Waals surface area contributed by atoms with Gasteiger partial charge in [0.2, 0.25) is 0 Å². The van der Waals surface area contributed by atoms with Crippen LogP contribution in [0.3, 0.4) is 0 Å². The van der Waals surface area contributed by atoms with E-state index < -0.39 is 0 Å². The van der Waals surface area contributed by atoms with Gasteiger partial charge in [0.1, 0.15) is 17.2 Å². The van der Waals surface area contributed by atoms with Gasteiger partial charge < -0.3 is 5.32 Å². The van der Waals surface area contributed by atoms with Crippen molar-refractivity contribution in [1.29, 1.82) is 0 Å². The molecule has 0 aliphatic heterocycles. The van der Waals surface area contributed by atoms with Crippen LogP contribution in [0.5, 0.6) is 0 Å². The predicted octanol–water partition coefficient (Wildman–Crippen LogP) is 2.16. The van der Waals surface area contributed by atoms with Crippen LogP contribution in [0.1, 0.15) is 16.4 Å². The Labute approximate surface area is 92.4 Å². The molecule has 78 valence electrons. The fourth-order valence-corrected chi connectivity index (χ4v) is 1.91. The Hall–Kier alpha value is -1.49. The molecule has 0 aliphatic rings. The molecule has 15 heavy (non-hydrogen) atoms. The molecule has 0 spiro atoms. The summed E-state index contributed by atoms with van der Waals surface area (Å²) in [5, 5.41) is 6.33. The first-order valence-electron chi connectivity index (χ1n) is 4.67. The van der Waals surface area contributed by atoms with Crippen molar-refractivity contribution in [1.82, 2.24) is 15.0 Å². The van der Waals surface area contributed by atoms with Gasteiger partial charge in [0.05, 0.1) is 6.54 Å². The van der Waals surface area contributed by atoms with Crippen molar-refractivity contribution in [2.45, 2.75) is 20.4 Å². The smallest absolute Gasteiger partial charge is 0.129 e. The van der Waals surface area contributed by atoms with Gasteiger partial charge >= 0.3 is 0 Å².